The molecule has 0 saturated carbocycles. The third-order valence-electron chi connectivity index (χ3n) is 5.52. The van der Waals surface area contributed by atoms with Gasteiger partial charge in [-0.3, -0.25) is 9.59 Å². The number of ketones is 1. The summed E-state index contributed by atoms with van der Waals surface area (Å²) in [6.45, 7) is 3.79. The van der Waals surface area contributed by atoms with Gasteiger partial charge in [-0.25, -0.2) is 4.68 Å². The van der Waals surface area contributed by atoms with Gasteiger partial charge in [0.25, 0.3) is 5.91 Å². The van der Waals surface area contributed by atoms with E-state index in [1.165, 1.54) is 0 Å². The van der Waals surface area contributed by atoms with E-state index in [4.69, 9.17) is 0 Å². The monoisotopic (exact) mass is 393 g/mol. The lowest BCUT2D eigenvalue weighted by Crippen LogP contribution is -2.14. The number of nitrogens with one attached hydrogen (secondary N) is 1. The fourth-order valence-corrected chi connectivity index (χ4v) is 4.00. The minimum Gasteiger partial charge on any atom is -0.319 e. The highest BCUT2D eigenvalue weighted by atomic mass is 16.1. The largest absolute Gasteiger partial charge is 0.319 e. The zero-order valence-corrected chi connectivity index (χ0v) is 16.6. The minimum absolute atomic E-state index is 0.0421. The molecule has 30 heavy (non-hydrogen) atoms. The topological polar surface area (TPSA) is 64.0 Å². The van der Waals surface area contributed by atoms with Crippen molar-refractivity contribution >= 4 is 17.4 Å². The van der Waals surface area contributed by atoms with E-state index in [0.717, 1.165) is 28.2 Å². The average Bonchev–Trinajstić information content (AvgIpc) is 3.23. The molecule has 4 aromatic rings. The van der Waals surface area contributed by atoms with Gasteiger partial charge in [-0.2, -0.15) is 5.10 Å². The minimum atomic E-state index is -0.264. The maximum atomic E-state index is 13.0. The molecule has 0 unspecified atom stereocenters. The third-order valence-corrected chi connectivity index (χ3v) is 5.52. The summed E-state index contributed by atoms with van der Waals surface area (Å²) in [6, 6.07) is 22.6. The van der Waals surface area contributed by atoms with Crippen LogP contribution in [0.5, 0.6) is 0 Å². The van der Waals surface area contributed by atoms with Gasteiger partial charge in [-0.1, -0.05) is 48.5 Å². The zero-order valence-electron chi connectivity index (χ0n) is 16.6. The van der Waals surface area contributed by atoms with Gasteiger partial charge in [-0.05, 0) is 49.2 Å². The number of hydrogen-bond acceptors (Lipinski definition) is 3. The lowest BCUT2D eigenvalue weighted by atomic mass is 10.0. The number of rotatable bonds is 3. The van der Waals surface area contributed by atoms with E-state index in [1.54, 1.807) is 12.1 Å². The van der Waals surface area contributed by atoms with Gasteiger partial charge < -0.3 is 5.32 Å². The van der Waals surface area contributed by atoms with Crippen LogP contribution in [0.1, 0.15) is 37.7 Å². The van der Waals surface area contributed by atoms with Crippen molar-refractivity contribution in [2.24, 2.45) is 0 Å². The van der Waals surface area contributed by atoms with Crippen molar-refractivity contribution in [3.8, 4) is 16.8 Å². The van der Waals surface area contributed by atoms with Crippen molar-refractivity contribution in [1.29, 1.82) is 0 Å². The van der Waals surface area contributed by atoms with Crippen molar-refractivity contribution in [2.75, 3.05) is 5.32 Å². The Hall–Kier alpha value is -3.99. The van der Waals surface area contributed by atoms with Crippen molar-refractivity contribution < 1.29 is 9.59 Å². The number of fused-ring (bicyclic) bond motifs is 3. The summed E-state index contributed by atoms with van der Waals surface area (Å²) >= 11 is 0. The second kappa shape index (κ2) is 6.81. The van der Waals surface area contributed by atoms with Gasteiger partial charge in [0.05, 0.1) is 22.8 Å². The molecule has 1 aromatic heterocycles. The number of para-hydroxylation sites is 1. The van der Waals surface area contributed by atoms with Crippen LogP contribution < -0.4 is 5.32 Å². The number of carbonyl (C=O) groups excluding carboxylic acids is 2. The Kier molecular flexibility index (Phi) is 4.10. The molecule has 5 rings (SSSR count). The quantitative estimate of drug-likeness (QED) is 0.472. The third kappa shape index (κ3) is 2.75. The summed E-state index contributed by atoms with van der Waals surface area (Å²) in [5, 5.41) is 7.55. The first-order chi connectivity index (χ1) is 14.5. The van der Waals surface area contributed by atoms with Gasteiger partial charge in [0.1, 0.15) is 0 Å². The molecule has 0 atom stereocenters. The number of benzene rings is 3. The Morgan fingerprint density at radius 1 is 0.833 bits per heavy atom. The summed E-state index contributed by atoms with van der Waals surface area (Å²) < 4.78 is 1.81. The molecule has 146 valence electrons. The molecule has 1 aliphatic rings. The van der Waals surface area contributed by atoms with Crippen LogP contribution >= 0.6 is 0 Å². The predicted octanol–water partition coefficient (Wildman–Crippen LogP) is 4.95. The molecule has 0 aliphatic heterocycles. The van der Waals surface area contributed by atoms with E-state index in [2.05, 4.69) is 10.4 Å². The summed E-state index contributed by atoms with van der Waals surface area (Å²) in [4.78, 5) is 25.7. The second-order valence-electron chi connectivity index (χ2n) is 7.38. The lowest BCUT2D eigenvalue weighted by molar-refractivity contribution is 0.102. The predicted molar refractivity (Wildman–Crippen MR) is 116 cm³/mol. The summed E-state index contributed by atoms with van der Waals surface area (Å²) in [7, 11) is 0. The van der Waals surface area contributed by atoms with Crippen LogP contribution in [0.15, 0.2) is 72.8 Å². The Morgan fingerprint density at radius 2 is 1.50 bits per heavy atom. The number of aryl methyl sites for hydroxylation is 1. The Balaban J connectivity index is 1.47. The number of nitrogens with zero attached hydrogens (tertiary/aromatic N) is 2. The van der Waals surface area contributed by atoms with Crippen LogP contribution in [0, 0.1) is 13.8 Å². The van der Waals surface area contributed by atoms with Crippen LogP contribution in [0.25, 0.3) is 16.8 Å². The Bertz CT molecular complexity index is 1320. The van der Waals surface area contributed by atoms with Gasteiger partial charge in [0.2, 0.25) is 0 Å². The lowest BCUT2D eigenvalue weighted by Gasteiger charge is -2.08. The van der Waals surface area contributed by atoms with Crippen LogP contribution in [0.2, 0.25) is 0 Å². The molecule has 1 aliphatic carbocycles. The highest BCUT2D eigenvalue weighted by Gasteiger charge is 2.27. The average molecular weight is 393 g/mol. The second-order valence-corrected chi connectivity index (χ2v) is 7.38. The van der Waals surface area contributed by atoms with E-state index >= 15 is 0 Å². The molecule has 0 fully saturated rings. The SMILES string of the molecule is Cc1nn(-c2ccccc2)c(C)c1NC(=O)c1ccc2c(c1)C(=O)c1ccccc1-2. The Morgan fingerprint density at radius 3 is 2.27 bits per heavy atom. The standard InChI is InChI=1S/C25H19N3O2/c1-15-23(16(2)28(27-15)18-8-4-3-5-9-18)26-25(30)17-12-13-20-19-10-6-7-11-21(19)24(29)22(20)14-17/h3-14H,1-2H3,(H,26,30). The van der Waals surface area contributed by atoms with Crippen LogP contribution in [-0.2, 0) is 0 Å². The smallest absolute Gasteiger partial charge is 0.255 e. The zero-order chi connectivity index (χ0) is 20.8. The summed E-state index contributed by atoms with van der Waals surface area (Å²) in [5.41, 5.74) is 6.67. The molecule has 1 heterocycles. The first-order valence-electron chi connectivity index (χ1n) is 9.76. The molecule has 0 saturated heterocycles. The normalized spacial score (nSPS) is 11.9. The molecule has 5 nitrogen and oxygen atoms in total. The van der Waals surface area contributed by atoms with Gasteiger partial charge in [0.15, 0.2) is 5.78 Å². The fourth-order valence-electron chi connectivity index (χ4n) is 4.00. The first kappa shape index (κ1) is 18.1. The highest BCUT2D eigenvalue weighted by molar-refractivity contribution is 6.22. The molecule has 0 spiro atoms. The molecule has 0 radical (unpaired) electrons. The maximum Gasteiger partial charge on any atom is 0.255 e. The van der Waals surface area contributed by atoms with Crippen molar-refractivity contribution in [3.05, 3.63) is 101 Å². The van der Waals surface area contributed by atoms with Crippen LogP contribution in [0.4, 0.5) is 5.69 Å². The van der Waals surface area contributed by atoms with E-state index in [1.807, 2.05) is 79.2 Å². The van der Waals surface area contributed by atoms with Gasteiger partial charge in [-0.15, -0.1) is 0 Å². The van der Waals surface area contributed by atoms with Crippen molar-refractivity contribution in [3.63, 3.8) is 0 Å². The number of anilines is 1. The van der Waals surface area contributed by atoms with Crippen molar-refractivity contribution in [2.45, 2.75) is 13.8 Å². The van der Waals surface area contributed by atoms with Crippen molar-refractivity contribution in [1.82, 2.24) is 9.78 Å². The molecule has 1 amide bonds. The summed E-state index contributed by atoms with van der Waals surface area (Å²) in [5.74, 6) is -0.306. The molecule has 1 N–H and O–H groups in total. The summed E-state index contributed by atoms with van der Waals surface area (Å²) in [6.07, 6.45) is 0. The number of hydrogen-bond donors (Lipinski definition) is 1. The molecule has 5 heteroatoms. The van der Waals surface area contributed by atoms with E-state index < -0.39 is 0 Å². The molecule has 3 aromatic carbocycles. The van der Waals surface area contributed by atoms with Crippen LogP contribution in [-0.4, -0.2) is 21.5 Å². The molecule has 0 bridgehead atoms. The fraction of sp³-hybridized carbons (Fsp3) is 0.0800. The highest BCUT2D eigenvalue weighted by Crippen LogP contribution is 2.37. The number of aromatic nitrogens is 2. The molecular formula is C25H19N3O2. The molecular weight excluding hydrogens is 374 g/mol. The van der Waals surface area contributed by atoms with Gasteiger partial charge in [0, 0.05) is 16.7 Å². The van der Waals surface area contributed by atoms with Gasteiger partial charge >= 0.3 is 0 Å². The van der Waals surface area contributed by atoms with E-state index in [9.17, 15) is 9.59 Å². The number of carbonyl (C=O) groups is 2. The van der Waals surface area contributed by atoms with Crippen LogP contribution in [0.3, 0.4) is 0 Å². The van der Waals surface area contributed by atoms with E-state index in [-0.39, 0.29) is 11.7 Å². The maximum absolute atomic E-state index is 13.0. The Labute approximate surface area is 174 Å². The first-order valence-corrected chi connectivity index (χ1v) is 9.76. The number of amides is 1. The van der Waals surface area contributed by atoms with E-state index in [0.29, 0.717) is 22.4 Å².